The van der Waals surface area contributed by atoms with Crippen LogP contribution in [0.3, 0.4) is 0 Å². The number of hydrogen-bond donors (Lipinski definition) is 0. The molecule has 1 unspecified atom stereocenters. The van der Waals surface area contributed by atoms with Crippen molar-refractivity contribution in [2.75, 3.05) is 6.61 Å². The number of para-hydroxylation sites is 1. The smallest absolute Gasteiger partial charge is 0.390 e. The van der Waals surface area contributed by atoms with Gasteiger partial charge in [-0.15, -0.1) is 6.58 Å². The minimum Gasteiger partial charge on any atom is -0.448 e. The SMILES string of the molecule is C=CCOC(Oc1ccccc1)(C(=O)Oc1ccc(-c2cc(Cl)ccc2Cl)cc1)c1ccc(-c2cc(Cl)ccc2Cl)cc1. The topological polar surface area (TPSA) is 44.8 Å². The van der Waals surface area contributed by atoms with E-state index in [1.807, 2.05) is 18.2 Å². The van der Waals surface area contributed by atoms with Crippen LogP contribution in [0.25, 0.3) is 22.3 Å². The van der Waals surface area contributed by atoms with Crippen molar-refractivity contribution in [2.45, 2.75) is 5.79 Å². The van der Waals surface area contributed by atoms with Crippen molar-refractivity contribution < 1.29 is 19.0 Å². The van der Waals surface area contributed by atoms with E-state index in [-0.39, 0.29) is 12.4 Å². The molecule has 8 heteroatoms. The third-order valence-electron chi connectivity index (χ3n) is 6.49. The van der Waals surface area contributed by atoms with Crippen LogP contribution in [0.15, 0.2) is 128 Å². The monoisotopic (exact) mass is 648 g/mol. The van der Waals surface area contributed by atoms with Crippen molar-refractivity contribution in [3.8, 4) is 33.8 Å². The summed E-state index contributed by atoms with van der Waals surface area (Å²) in [5.74, 6) is -2.10. The lowest BCUT2D eigenvalue weighted by Gasteiger charge is -2.32. The van der Waals surface area contributed by atoms with Gasteiger partial charge in [0.2, 0.25) is 0 Å². The van der Waals surface area contributed by atoms with Gasteiger partial charge in [0.15, 0.2) is 0 Å². The van der Waals surface area contributed by atoms with Gasteiger partial charge in [0.1, 0.15) is 11.5 Å². The van der Waals surface area contributed by atoms with E-state index >= 15 is 0 Å². The maximum absolute atomic E-state index is 14.1. The van der Waals surface area contributed by atoms with Crippen LogP contribution < -0.4 is 9.47 Å². The number of carbonyl (C=O) groups excluding carboxylic acids is 1. The molecule has 0 heterocycles. The van der Waals surface area contributed by atoms with Gasteiger partial charge in [0.05, 0.1) is 6.61 Å². The first-order valence-corrected chi connectivity index (χ1v) is 14.6. The Hall–Kier alpha value is -3.77. The number of rotatable bonds is 10. The van der Waals surface area contributed by atoms with Crippen molar-refractivity contribution in [1.82, 2.24) is 0 Å². The van der Waals surface area contributed by atoms with E-state index in [0.717, 1.165) is 22.3 Å². The van der Waals surface area contributed by atoms with Crippen LogP contribution in [0.2, 0.25) is 20.1 Å². The lowest BCUT2D eigenvalue weighted by atomic mass is 9.99. The Morgan fingerprint density at radius 2 is 1.21 bits per heavy atom. The largest absolute Gasteiger partial charge is 0.448 e. The fourth-order valence-electron chi connectivity index (χ4n) is 4.40. The second kappa shape index (κ2) is 13.7. The quantitative estimate of drug-likeness (QED) is 0.0653. The molecule has 0 fully saturated rings. The lowest BCUT2D eigenvalue weighted by Crippen LogP contribution is -2.47. The van der Waals surface area contributed by atoms with Gasteiger partial charge in [-0.1, -0.05) is 107 Å². The molecule has 0 saturated carbocycles. The molecule has 216 valence electrons. The van der Waals surface area contributed by atoms with Gasteiger partial charge >= 0.3 is 11.8 Å². The summed E-state index contributed by atoms with van der Waals surface area (Å²) in [5, 5.41) is 2.19. The molecule has 5 rings (SSSR count). The van der Waals surface area contributed by atoms with Crippen LogP contribution in [-0.2, 0) is 15.3 Å². The second-order valence-electron chi connectivity index (χ2n) is 9.37. The average molecular weight is 650 g/mol. The molecule has 5 aromatic carbocycles. The van der Waals surface area contributed by atoms with Gasteiger partial charge in [0, 0.05) is 36.8 Å². The first-order chi connectivity index (χ1) is 20.8. The van der Waals surface area contributed by atoms with E-state index in [4.69, 9.17) is 60.6 Å². The molecule has 0 aliphatic heterocycles. The molecule has 1 atom stereocenters. The molecule has 0 aliphatic rings. The van der Waals surface area contributed by atoms with Gasteiger partial charge in [-0.25, -0.2) is 4.79 Å². The summed E-state index contributed by atoms with van der Waals surface area (Å²) in [7, 11) is 0. The van der Waals surface area contributed by atoms with Gasteiger partial charge in [-0.3, -0.25) is 0 Å². The summed E-state index contributed by atoms with van der Waals surface area (Å²) in [6, 6.07) is 33.3. The fourth-order valence-corrected chi connectivity index (χ4v) is 5.20. The zero-order chi connectivity index (χ0) is 30.4. The maximum Gasteiger partial charge on any atom is 0.390 e. The molecule has 0 amide bonds. The van der Waals surface area contributed by atoms with Crippen molar-refractivity contribution in [3.05, 3.63) is 154 Å². The third-order valence-corrected chi connectivity index (χ3v) is 7.62. The number of hydrogen-bond acceptors (Lipinski definition) is 4. The Morgan fingerprint density at radius 1 is 0.674 bits per heavy atom. The van der Waals surface area contributed by atoms with E-state index in [2.05, 4.69) is 6.58 Å². The Labute approximate surface area is 270 Å². The summed E-state index contributed by atoms with van der Waals surface area (Å²) < 4.78 is 18.3. The first kappa shape index (κ1) is 30.7. The van der Waals surface area contributed by atoms with Gasteiger partial charge in [-0.05, 0) is 71.8 Å². The van der Waals surface area contributed by atoms with Crippen molar-refractivity contribution in [2.24, 2.45) is 0 Å². The summed E-state index contributed by atoms with van der Waals surface area (Å²) >= 11 is 25.2. The maximum atomic E-state index is 14.1. The van der Waals surface area contributed by atoms with Gasteiger partial charge in [0.25, 0.3) is 0 Å². The van der Waals surface area contributed by atoms with E-state index in [1.54, 1.807) is 97.1 Å². The van der Waals surface area contributed by atoms with Crippen LogP contribution in [0.5, 0.6) is 11.5 Å². The summed E-state index contributed by atoms with van der Waals surface area (Å²) in [4.78, 5) is 14.1. The van der Waals surface area contributed by atoms with Crippen LogP contribution in [0.1, 0.15) is 5.56 Å². The molecule has 0 N–H and O–H groups in total. The number of carbonyl (C=O) groups is 1. The Balaban J connectivity index is 1.52. The highest BCUT2D eigenvalue weighted by atomic mass is 35.5. The second-order valence-corrected chi connectivity index (χ2v) is 11.1. The minimum absolute atomic E-state index is 0.00396. The minimum atomic E-state index is -1.98. The zero-order valence-corrected chi connectivity index (χ0v) is 25.6. The van der Waals surface area contributed by atoms with Gasteiger partial charge in [-0.2, -0.15) is 0 Å². The summed E-state index contributed by atoms with van der Waals surface area (Å²) in [6.07, 6.45) is 1.53. The molecule has 0 saturated heterocycles. The van der Waals surface area contributed by atoms with Crippen molar-refractivity contribution in [3.63, 3.8) is 0 Å². The van der Waals surface area contributed by atoms with E-state index in [1.165, 1.54) is 6.08 Å². The van der Waals surface area contributed by atoms with E-state index in [9.17, 15) is 4.79 Å². The molecular weight excluding hydrogens is 626 g/mol. The molecule has 0 bridgehead atoms. The molecule has 5 aromatic rings. The highest BCUT2D eigenvalue weighted by Gasteiger charge is 2.47. The van der Waals surface area contributed by atoms with E-state index < -0.39 is 11.8 Å². The Kier molecular flexibility index (Phi) is 9.76. The predicted molar refractivity (Wildman–Crippen MR) is 174 cm³/mol. The number of ether oxygens (including phenoxy) is 3. The first-order valence-electron chi connectivity index (χ1n) is 13.1. The normalized spacial score (nSPS) is 12.3. The van der Waals surface area contributed by atoms with Crippen LogP contribution >= 0.6 is 46.4 Å². The Bertz CT molecular complexity index is 1740. The molecule has 0 aromatic heterocycles. The number of benzene rings is 5. The fraction of sp³-hybridized carbons (Fsp3) is 0.0571. The lowest BCUT2D eigenvalue weighted by molar-refractivity contribution is -0.211. The third kappa shape index (κ3) is 7.07. The highest BCUT2D eigenvalue weighted by Crippen LogP contribution is 2.37. The molecule has 4 nitrogen and oxygen atoms in total. The summed E-state index contributed by atoms with van der Waals surface area (Å²) in [6.45, 7) is 3.75. The summed E-state index contributed by atoms with van der Waals surface area (Å²) in [5.41, 5.74) is 3.48. The van der Waals surface area contributed by atoms with Crippen LogP contribution in [-0.4, -0.2) is 12.6 Å². The van der Waals surface area contributed by atoms with E-state index in [0.29, 0.717) is 31.4 Å². The zero-order valence-electron chi connectivity index (χ0n) is 22.6. The Morgan fingerprint density at radius 3 is 1.74 bits per heavy atom. The molecule has 0 spiro atoms. The van der Waals surface area contributed by atoms with Crippen molar-refractivity contribution in [1.29, 1.82) is 0 Å². The molecular formula is C35H24Cl4O4. The van der Waals surface area contributed by atoms with Crippen LogP contribution in [0, 0.1) is 0 Å². The molecule has 0 aliphatic carbocycles. The van der Waals surface area contributed by atoms with Crippen molar-refractivity contribution >= 4 is 52.4 Å². The van der Waals surface area contributed by atoms with Crippen LogP contribution in [0.4, 0.5) is 0 Å². The molecule has 0 radical (unpaired) electrons. The number of halogens is 4. The molecule has 43 heavy (non-hydrogen) atoms. The van der Waals surface area contributed by atoms with Gasteiger partial charge < -0.3 is 14.2 Å². The predicted octanol–water partition coefficient (Wildman–Crippen LogP) is 10.7. The number of esters is 1. The highest BCUT2D eigenvalue weighted by molar-refractivity contribution is 6.36. The average Bonchev–Trinajstić information content (AvgIpc) is 3.02. The standard InChI is InChI=1S/C35H24Cl4O4/c1-2-20-41-35(43-29-6-4-3-5-7-29,25-12-8-23(9-13-25)30-21-26(36)14-18-32(30)38)34(40)42-28-16-10-24(11-17-28)31-22-27(37)15-19-33(31)39/h2-19,21-22H,1,20H2.